The highest BCUT2D eigenvalue weighted by molar-refractivity contribution is 5.72. The van der Waals surface area contributed by atoms with Crippen LogP contribution in [-0.2, 0) is 17.4 Å². The van der Waals surface area contributed by atoms with Crippen LogP contribution in [-0.4, -0.2) is 21.0 Å². The number of aliphatic carboxylic acids is 1. The highest BCUT2D eigenvalue weighted by atomic mass is 19.4. The van der Waals surface area contributed by atoms with E-state index in [2.05, 4.69) is 4.98 Å². The second-order valence-corrected chi connectivity index (χ2v) is 2.99. The molecule has 0 aliphatic rings. The zero-order valence-corrected chi connectivity index (χ0v) is 8.06. The van der Waals surface area contributed by atoms with Gasteiger partial charge in [0.2, 0.25) is 5.69 Å². The van der Waals surface area contributed by atoms with E-state index in [0.29, 0.717) is 6.20 Å². The zero-order chi connectivity index (χ0) is 13.2. The summed E-state index contributed by atoms with van der Waals surface area (Å²) in [6.07, 6.45) is -5.19. The number of hydrogen-bond acceptors (Lipinski definition) is 4. The molecule has 1 aromatic rings. The maximum absolute atomic E-state index is 12.4. The van der Waals surface area contributed by atoms with Crippen LogP contribution in [0.15, 0.2) is 12.3 Å². The first-order valence-electron chi connectivity index (χ1n) is 4.14. The fraction of sp³-hybridized carbons (Fsp3) is 0.250. The number of aromatic nitrogens is 1. The molecule has 0 aliphatic heterocycles. The molecule has 9 heteroatoms. The molecule has 1 N–H and O–H groups in total. The summed E-state index contributed by atoms with van der Waals surface area (Å²) < 4.78 is 37.2. The number of nitrogens with zero attached hydrogens (tertiary/aromatic N) is 2. The minimum Gasteiger partial charge on any atom is -0.481 e. The normalized spacial score (nSPS) is 11.2. The van der Waals surface area contributed by atoms with Gasteiger partial charge in [0.1, 0.15) is 0 Å². The molecule has 1 heterocycles. The van der Waals surface area contributed by atoms with Gasteiger partial charge < -0.3 is 5.11 Å². The Morgan fingerprint density at radius 3 is 2.53 bits per heavy atom. The summed E-state index contributed by atoms with van der Waals surface area (Å²) in [5, 5.41) is 19.0. The van der Waals surface area contributed by atoms with E-state index in [1.165, 1.54) is 0 Å². The van der Waals surface area contributed by atoms with Crippen molar-refractivity contribution in [2.24, 2.45) is 0 Å². The molecule has 0 saturated heterocycles. The first-order valence-corrected chi connectivity index (χ1v) is 4.14. The van der Waals surface area contributed by atoms with E-state index in [0.717, 1.165) is 6.07 Å². The first kappa shape index (κ1) is 12.9. The number of rotatable bonds is 3. The van der Waals surface area contributed by atoms with Crippen molar-refractivity contribution < 1.29 is 28.0 Å². The van der Waals surface area contributed by atoms with Crippen molar-refractivity contribution in [3.8, 4) is 0 Å². The summed E-state index contributed by atoms with van der Waals surface area (Å²) in [5.41, 5.74) is -3.55. The van der Waals surface area contributed by atoms with Gasteiger partial charge in [-0.3, -0.25) is 14.9 Å². The number of nitro groups is 1. The molecule has 1 rings (SSSR count). The van der Waals surface area contributed by atoms with Crippen molar-refractivity contribution in [2.75, 3.05) is 0 Å². The Morgan fingerprint density at radius 2 is 2.12 bits per heavy atom. The molecule has 0 bridgehead atoms. The molecule has 0 atom stereocenters. The minimum absolute atomic E-state index is 0.537. The van der Waals surface area contributed by atoms with Gasteiger partial charge in [-0.2, -0.15) is 13.2 Å². The average molecular weight is 250 g/mol. The SMILES string of the molecule is O=C(O)Cc1ccnc(C(F)(F)F)c1[N+](=O)[O-]. The molecular formula is C8H5F3N2O4. The van der Waals surface area contributed by atoms with Gasteiger partial charge >= 0.3 is 17.8 Å². The van der Waals surface area contributed by atoms with Gasteiger partial charge in [0, 0.05) is 11.8 Å². The molecule has 0 spiro atoms. The van der Waals surface area contributed by atoms with E-state index in [-0.39, 0.29) is 0 Å². The molecule has 0 aliphatic carbocycles. The third kappa shape index (κ3) is 2.89. The molecule has 0 amide bonds. The number of hydrogen-bond donors (Lipinski definition) is 1. The Hall–Kier alpha value is -2.19. The quantitative estimate of drug-likeness (QED) is 0.650. The van der Waals surface area contributed by atoms with Crippen molar-refractivity contribution in [1.29, 1.82) is 0 Å². The lowest BCUT2D eigenvalue weighted by atomic mass is 10.1. The van der Waals surface area contributed by atoms with E-state index in [4.69, 9.17) is 5.11 Å². The molecular weight excluding hydrogens is 245 g/mol. The fourth-order valence-electron chi connectivity index (χ4n) is 1.21. The standard InChI is InChI=1S/C8H5F3N2O4/c9-8(10,11)7-6(13(16)17)4(1-2-12-7)3-5(14)15/h1-2H,3H2,(H,14,15). The van der Waals surface area contributed by atoms with Gasteiger partial charge in [-0.15, -0.1) is 0 Å². The molecule has 6 nitrogen and oxygen atoms in total. The van der Waals surface area contributed by atoms with E-state index in [1.54, 1.807) is 0 Å². The fourth-order valence-corrected chi connectivity index (χ4v) is 1.21. The van der Waals surface area contributed by atoms with E-state index >= 15 is 0 Å². The predicted octanol–water partition coefficient (Wildman–Crippen LogP) is 1.64. The Morgan fingerprint density at radius 1 is 1.53 bits per heavy atom. The zero-order valence-electron chi connectivity index (χ0n) is 8.06. The van der Waals surface area contributed by atoms with Crippen molar-refractivity contribution in [3.63, 3.8) is 0 Å². The second kappa shape index (κ2) is 4.36. The van der Waals surface area contributed by atoms with Crippen LogP contribution in [0.3, 0.4) is 0 Å². The number of carboxylic acid groups (broad SMARTS) is 1. The first-order chi connectivity index (χ1) is 7.73. The summed E-state index contributed by atoms with van der Waals surface area (Å²) in [7, 11) is 0. The smallest absolute Gasteiger partial charge is 0.440 e. The Labute approximate surface area is 91.9 Å². The Bertz CT molecular complexity index is 472. The molecule has 1 aromatic heterocycles. The Balaban J connectivity index is 3.43. The van der Waals surface area contributed by atoms with E-state index in [1.807, 2.05) is 0 Å². The van der Waals surface area contributed by atoms with E-state index < -0.39 is 40.4 Å². The number of alkyl halides is 3. The summed E-state index contributed by atoms with van der Waals surface area (Å²) >= 11 is 0. The van der Waals surface area contributed by atoms with Gasteiger partial charge in [0.25, 0.3) is 0 Å². The molecule has 92 valence electrons. The number of halogens is 3. The van der Waals surface area contributed by atoms with Gasteiger partial charge in [-0.25, -0.2) is 4.98 Å². The number of pyridine rings is 1. The molecule has 0 aromatic carbocycles. The van der Waals surface area contributed by atoms with Gasteiger partial charge in [-0.1, -0.05) is 0 Å². The van der Waals surface area contributed by atoms with Crippen molar-refractivity contribution in [2.45, 2.75) is 12.6 Å². The highest BCUT2D eigenvalue weighted by Crippen LogP contribution is 2.36. The van der Waals surface area contributed by atoms with Gasteiger partial charge in [0.15, 0.2) is 0 Å². The predicted molar refractivity (Wildman–Crippen MR) is 47.2 cm³/mol. The van der Waals surface area contributed by atoms with Crippen molar-refractivity contribution >= 4 is 11.7 Å². The van der Waals surface area contributed by atoms with Crippen LogP contribution in [0.5, 0.6) is 0 Å². The summed E-state index contributed by atoms with van der Waals surface area (Å²) in [6.45, 7) is 0. The lowest BCUT2D eigenvalue weighted by Crippen LogP contribution is -2.14. The van der Waals surface area contributed by atoms with Gasteiger partial charge in [-0.05, 0) is 6.07 Å². The third-order valence-electron chi connectivity index (χ3n) is 1.80. The van der Waals surface area contributed by atoms with Crippen LogP contribution >= 0.6 is 0 Å². The monoisotopic (exact) mass is 250 g/mol. The van der Waals surface area contributed by atoms with Gasteiger partial charge in [0.05, 0.1) is 11.3 Å². The lowest BCUT2D eigenvalue weighted by Gasteiger charge is -2.08. The van der Waals surface area contributed by atoms with Crippen LogP contribution in [0.1, 0.15) is 11.3 Å². The highest BCUT2D eigenvalue weighted by Gasteiger charge is 2.41. The molecule has 0 radical (unpaired) electrons. The van der Waals surface area contributed by atoms with E-state index in [9.17, 15) is 28.1 Å². The number of carbonyl (C=O) groups is 1. The molecule has 0 unspecified atom stereocenters. The van der Waals surface area contributed by atoms with Crippen molar-refractivity contribution in [1.82, 2.24) is 4.98 Å². The Kier molecular flexibility index (Phi) is 3.30. The number of carboxylic acids is 1. The maximum Gasteiger partial charge on any atom is 0.440 e. The lowest BCUT2D eigenvalue weighted by molar-refractivity contribution is -0.389. The summed E-state index contributed by atoms with van der Waals surface area (Å²) in [5.74, 6) is -1.47. The van der Waals surface area contributed by atoms with Crippen molar-refractivity contribution in [3.05, 3.63) is 33.6 Å². The molecule has 17 heavy (non-hydrogen) atoms. The van der Waals surface area contributed by atoms with Crippen LogP contribution in [0.2, 0.25) is 0 Å². The maximum atomic E-state index is 12.4. The summed E-state index contributed by atoms with van der Waals surface area (Å²) in [6, 6.07) is 0.876. The minimum atomic E-state index is -5.00. The summed E-state index contributed by atoms with van der Waals surface area (Å²) in [4.78, 5) is 22.5. The van der Waals surface area contributed by atoms with Crippen LogP contribution in [0.25, 0.3) is 0 Å². The largest absolute Gasteiger partial charge is 0.481 e. The average Bonchev–Trinajstić information content (AvgIpc) is 2.14. The second-order valence-electron chi connectivity index (χ2n) is 2.99. The third-order valence-corrected chi connectivity index (χ3v) is 1.80. The molecule has 0 fully saturated rings. The van der Waals surface area contributed by atoms with Crippen LogP contribution in [0, 0.1) is 10.1 Å². The van der Waals surface area contributed by atoms with Crippen LogP contribution in [0.4, 0.5) is 18.9 Å². The molecule has 0 saturated carbocycles. The topological polar surface area (TPSA) is 93.3 Å². The van der Waals surface area contributed by atoms with Crippen LogP contribution < -0.4 is 0 Å².